The second kappa shape index (κ2) is 6.41. The van der Waals surface area contributed by atoms with Crippen LogP contribution in [0.2, 0.25) is 0 Å². The third-order valence-electron chi connectivity index (χ3n) is 3.55. The smallest absolute Gasteiger partial charge is 0.322 e. The number of aryl methyl sites for hydroxylation is 1. The molecule has 5 heteroatoms. The minimum absolute atomic E-state index is 0.0649. The van der Waals surface area contributed by atoms with Crippen molar-refractivity contribution < 1.29 is 9.59 Å². The summed E-state index contributed by atoms with van der Waals surface area (Å²) in [4.78, 5) is 25.9. The Bertz CT molecular complexity index is 502. The van der Waals surface area contributed by atoms with Crippen molar-refractivity contribution in [3.05, 3.63) is 29.8 Å². The molecule has 20 heavy (non-hydrogen) atoms. The zero-order chi connectivity index (χ0) is 14.5. The minimum atomic E-state index is -0.348. The van der Waals surface area contributed by atoms with Gasteiger partial charge in [-0.25, -0.2) is 4.79 Å². The Morgan fingerprint density at radius 1 is 1.35 bits per heavy atom. The molecule has 1 fully saturated rings. The fourth-order valence-corrected chi connectivity index (χ4v) is 2.47. The molecule has 0 saturated carbocycles. The number of hydrogen-bond donors (Lipinski definition) is 2. The fourth-order valence-electron chi connectivity index (χ4n) is 2.47. The van der Waals surface area contributed by atoms with E-state index in [1.807, 2.05) is 38.1 Å². The van der Waals surface area contributed by atoms with Gasteiger partial charge in [-0.3, -0.25) is 4.79 Å². The predicted molar refractivity (Wildman–Crippen MR) is 78.6 cm³/mol. The summed E-state index contributed by atoms with van der Waals surface area (Å²) < 4.78 is 0. The van der Waals surface area contributed by atoms with Gasteiger partial charge in [-0.05, 0) is 38.3 Å². The molecule has 1 aliphatic heterocycles. The van der Waals surface area contributed by atoms with Crippen LogP contribution in [-0.2, 0) is 4.79 Å². The molecule has 3 amide bonds. The maximum atomic E-state index is 12.3. The largest absolute Gasteiger partial charge is 0.355 e. The van der Waals surface area contributed by atoms with Gasteiger partial charge in [0.15, 0.2) is 0 Å². The lowest BCUT2D eigenvalue weighted by atomic mass is 10.2. The van der Waals surface area contributed by atoms with E-state index in [-0.39, 0.29) is 18.0 Å². The summed E-state index contributed by atoms with van der Waals surface area (Å²) in [6.45, 7) is 5.04. The number of amides is 3. The van der Waals surface area contributed by atoms with E-state index in [2.05, 4.69) is 10.6 Å². The second-order valence-electron chi connectivity index (χ2n) is 4.99. The van der Waals surface area contributed by atoms with Gasteiger partial charge in [-0.2, -0.15) is 0 Å². The van der Waals surface area contributed by atoms with Crippen LogP contribution in [0, 0.1) is 6.92 Å². The first kappa shape index (κ1) is 14.4. The van der Waals surface area contributed by atoms with Crippen LogP contribution >= 0.6 is 0 Å². The molecule has 0 spiro atoms. The molecule has 2 N–H and O–H groups in total. The number of likely N-dealkylation sites (N-methyl/N-ethyl adjacent to an activating group) is 1. The summed E-state index contributed by atoms with van der Waals surface area (Å²) in [6.07, 6.45) is 1.59. The average Bonchev–Trinajstić information content (AvgIpc) is 2.91. The van der Waals surface area contributed by atoms with Crippen LogP contribution in [0.25, 0.3) is 0 Å². The zero-order valence-electron chi connectivity index (χ0n) is 12.0. The summed E-state index contributed by atoms with van der Waals surface area (Å²) >= 11 is 0. The Balaban J connectivity index is 2.05. The van der Waals surface area contributed by atoms with E-state index in [4.69, 9.17) is 0 Å². The number of nitrogens with one attached hydrogen (secondary N) is 2. The fraction of sp³-hybridized carbons (Fsp3) is 0.467. The van der Waals surface area contributed by atoms with Gasteiger partial charge in [0.25, 0.3) is 0 Å². The Morgan fingerprint density at radius 2 is 2.10 bits per heavy atom. The van der Waals surface area contributed by atoms with E-state index in [1.165, 1.54) is 0 Å². The maximum Gasteiger partial charge on any atom is 0.322 e. The SMILES string of the molecule is CCNC(=O)[C@H]1CCCN1C(=O)Nc1ccccc1C. The number of carbonyl (C=O) groups excluding carboxylic acids is 2. The molecule has 1 aliphatic rings. The molecule has 108 valence electrons. The molecule has 0 bridgehead atoms. The highest BCUT2D eigenvalue weighted by Gasteiger charge is 2.33. The summed E-state index contributed by atoms with van der Waals surface area (Å²) in [5.41, 5.74) is 1.80. The van der Waals surface area contributed by atoms with Crippen molar-refractivity contribution in [2.75, 3.05) is 18.4 Å². The molecule has 1 heterocycles. The molecule has 5 nitrogen and oxygen atoms in total. The number of nitrogens with zero attached hydrogens (tertiary/aromatic N) is 1. The average molecular weight is 275 g/mol. The van der Waals surface area contributed by atoms with Gasteiger partial charge in [-0.15, -0.1) is 0 Å². The van der Waals surface area contributed by atoms with Crippen molar-refractivity contribution in [1.29, 1.82) is 0 Å². The molecule has 1 atom stereocenters. The summed E-state index contributed by atoms with van der Waals surface area (Å²) in [5, 5.41) is 5.67. The van der Waals surface area contributed by atoms with Crippen molar-refractivity contribution in [3.63, 3.8) is 0 Å². The standard InChI is InChI=1S/C15H21N3O2/c1-3-16-14(19)13-9-6-10-18(13)15(20)17-12-8-5-4-7-11(12)2/h4-5,7-8,13H,3,6,9-10H2,1-2H3,(H,16,19)(H,17,20)/t13-/m1/s1. The highest BCUT2D eigenvalue weighted by molar-refractivity contribution is 5.94. The van der Waals surface area contributed by atoms with E-state index in [0.717, 1.165) is 24.1 Å². The van der Waals surface area contributed by atoms with Crippen LogP contribution in [0.5, 0.6) is 0 Å². The number of likely N-dealkylation sites (tertiary alicyclic amines) is 1. The number of rotatable bonds is 3. The van der Waals surface area contributed by atoms with Crippen LogP contribution in [0.1, 0.15) is 25.3 Å². The van der Waals surface area contributed by atoms with Crippen LogP contribution in [0.15, 0.2) is 24.3 Å². The van der Waals surface area contributed by atoms with Gasteiger partial charge in [0, 0.05) is 18.8 Å². The zero-order valence-corrected chi connectivity index (χ0v) is 12.0. The lowest BCUT2D eigenvalue weighted by Crippen LogP contribution is -2.47. The van der Waals surface area contributed by atoms with E-state index in [9.17, 15) is 9.59 Å². The Morgan fingerprint density at radius 3 is 2.80 bits per heavy atom. The monoisotopic (exact) mass is 275 g/mol. The number of benzene rings is 1. The first-order valence-corrected chi connectivity index (χ1v) is 7.04. The van der Waals surface area contributed by atoms with E-state index < -0.39 is 0 Å². The minimum Gasteiger partial charge on any atom is -0.355 e. The molecule has 0 aliphatic carbocycles. The number of anilines is 1. The Kier molecular flexibility index (Phi) is 4.61. The molecular formula is C15H21N3O2. The molecule has 1 aromatic rings. The molecule has 2 rings (SSSR count). The number of para-hydroxylation sites is 1. The third kappa shape index (κ3) is 3.10. The first-order valence-electron chi connectivity index (χ1n) is 7.04. The molecule has 1 aromatic carbocycles. The van der Waals surface area contributed by atoms with Crippen LogP contribution in [-0.4, -0.2) is 36.0 Å². The van der Waals surface area contributed by atoms with Gasteiger partial charge in [0.2, 0.25) is 5.91 Å². The van der Waals surface area contributed by atoms with Crippen molar-refractivity contribution in [2.45, 2.75) is 32.7 Å². The van der Waals surface area contributed by atoms with Gasteiger partial charge in [0.1, 0.15) is 6.04 Å². The lowest BCUT2D eigenvalue weighted by Gasteiger charge is -2.24. The number of urea groups is 1. The van der Waals surface area contributed by atoms with Crippen molar-refractivity contribution in [1.82, 2.24) is 10.2 Å². The summed E-state index contributed by atoms with van der Waals surface area (Å²) in [6, 6.07) is 7.07. The van der Waals surface area contributed by atoms with E-state index >= 15 is 0 Å². The maximum absolute atomic E-state index is 12.3. The van der Waals surface area contributed by atoms with Crippen LogP contribution in [0.4, 0.5) is 10.5 Å². The van der Waals surface area contributed by atoms with Crippen LogP contribution in [0.3, 0.4) is 0 Å². The Hall–Kier alpha value is -2.04. The van der Waals surface area contributed by atoms with E-state index in [0.29, 0.717) is 13.1 Å². The predicted octanol–water partition coefficient (Wildman–Crippen LogP) is 2.13. The normalized spacial score (nSPS) is 17.9. The first-order chi connectivity index (χ1) is 9.63. The molecule has 0 unspecified atom stereocenters. The quantitative estimate of drug-likeness (QED) is 0.887. The summed E-state index contributed by atoms with van der Waals surface area (Å²) in [5.74, 6) is -0.0649. The van der Waals surface area contributed by atoms with Crippen molar-refractivity contribution in [3.8, 4) is 0 Å². The third-order valence-corrected chi connectivity index (χ3v) is 3.55. The summed E-state index contributed by atoms with van der Waals surface area (Å²) in [7, 11) is 0. The molecule has 0 radical (unpaired) electrons. The van der Waals surface area contributed by atoms with Crippen molar-refractivity contribution >= 4 is 17.6 Å². The topological polar surface area (TPSA) is 61.4 Å². The highest BCUT2D eigenvalue weighted by atomic mass is 16.2. The van der Waals surface area contributed by atoms with Crippen LogP contribution < -0.4 is 10.6 Å². The molecular weight excluding hydrogens is 254 g/mol. The molecule has 1 saturated heterocycles. The Labute approximate surface area is 119 Å². The second-order valence-corrected chi connectivity index (χ2v) is 4.99. The highest BCUT2D eigenvalue weighted by Crippen LogP contribution is 2.20. The van der Waals surface area contributed by atoms with Crippen molar-refractivity contribution in [2.24, 2.45) is 0 Å². The van der Waals surface area contributed by atoms with Gasteiger partial charge in [0.05, 0.1) is 0 Å². The van der Waals surface area contributed by atoms with Gasteiger partial charge < -0.3 is 15.5 Å². The van der Waals surface area contributed by atoms with Gasteiger partial charge in [-0.1, -0.05) is 18.2 Å². The number of carbonyl (C=O) groups is 2. The lowest BCUT2D eigenvalue weighted by molar-refractivity contribution is -0.124. The van der Waals surface area contributed by atoms with Gasteiger partial charge >= 0.3 is 6.03 Å². The molecule has 0 aromatic heterocycles. The van der Waals surface area contributed by atoms with E-state index in [1.54, 1.807) is 4.90 Å². The number of hydrogen-bond acceptors (Lipinski definition) is 2.